The van der Waals surface area contributed by atoms with E-state index in [1.165, 1.54) is 7.11 Å². The number of benzene rings is 1. The summed E-state index contributed by atoms with van der Waals surface area (Å²) in [6.45, 7) is 5.83. The summed E-state index contributed by atoms with van der Waals surface area (Å²) in [5.41, 5.74) is 6.43. The van der Waals surface area contributed by atoms with Crippen LogP contribution < -0.4 is 10.5 Å². The first-order valence-corrected chi connectivity index (χ1v) is 5.60. The number of nitrogens with two attached hydrogens (primary N) is 1. The van der Waals surface area contributed by atoms with Gasteiger partial charge in [-0.1, -0.05) is 19.9 Å². The standard InChI is InChI=1S/C13H19NO3/c1-8(2)9(3)17-13(15)12-10(14)6-5-7-11(12)16-4/h5-9H,14H2,1-4H3. The molecule has 1 aromatic rings. The maximum atomic E-state index is 12.0. The molecule has 94 valence electrons. The Balaban J connectivity index is 2.96. The molecule has 0 aliphatic carbocycles. The molecule has 4 nitrogen and oxygen atoms in total. The van der Waals surface area contributed by atoms with E-state index in [4.69, 9.17) is 15.2 Å². The van der Waals surface area contributed by atoms with Crippen molar-refractivity contribution < 1.29 is 14.3 Å². The fourth-order valence-electron chi connectivity index (χ4n) is 1.30. The second-order valence-electron chi connectivity index (χ2n) is 4.28. The van der Waals surface area contributed by atoms with Gasteiger partial charge < -0.3 is 15.2 Å². The van der Waals surface area contributed by atoms with Crippen molar-refractivity contribution in [3.63, 3.8) is 0 Å². The monoisotopic (exact) mass is 237 g/mol. The molecule has 1 atom stereocenters. The highest BCUT2D eigenvalue weighted by atomic mass is 16.5. The fourth-order valence-corrected chi connectivity index (χ4v) is 1.30. The Morgan fingerprint density at radius 2 is 1.94 bits per heavy atom. The molecular weight excluding hydrogens is 218 g/mol. The number of nitrogen functional groups attached to an aromatic ring is 1. The molecule has 0 heterocycles. The number of anilines is 1. The zero-order valence-corrected chi connectivity index (χ0v) is 10.7. The zero-order chi connectivity index (χ0) is 13.0. The van der Waals surface area contributed by atoms with Gasteiger partial charge in [0, 0.05) is 5.69 Å². The molecule has 0 fully saturated rings. The first-order chi connectivity index (χ1) is 7.97. The Kier molecular flexibility index (Phi) is 4.37. The first kappa shape index (κ1) is 13.4. The van der Waals surface area contributed by atoms with E-state index in [0.29, 0.717) is 17.0 Å². The van der Waals surface area contributed by atoms with Crippen molar-refractivity contribution in [3.8, 4) is 5.75 Å². The van der Waals surface area contributed by atoms with Crippen LogP contribution in [0.2, 0.25) is 0 Å². The lowest BCUT2D eigenvalue weighted by molar-refractivity contribution is 0.0236. The zero-order valence-electron chi connectivity index (χ0n) is 10.7. The molecule has 0 aliphatic heterocycles. The summed E-state index contributed by atoms with van der Waals surface area (Å²) in [4.78, 5) is 12.0. The van der Waals surface area contributed by atoms with Crippen LogP contribution in [0.5, 0.6) is 5.75 Å². The van der Waals surface area contributed by atoms with Crippen molar-refractivity contribution in [2.45, 2.75) is 26.9 Å². The van der Waals surface area contributed by atoms with Crippen LogP contribution in [0.4, 0.5) is 5.69 Å². The lowest BCUT2D eigenvalue weighted by Gasteiger charge is -2.18. The topological polar surface area (TPSA) is 61.5 Å². The van der Waals surface area contributed by atoms with E-state index in [2.05, 4.69) is 0 Å². The van der Waals surface area contributed by atoms with Gasteiger partial charge in [0.05, 0.1) is 7.11 Å². The largest absolute Gasteiger partial charge is 0.496 e. The average Bonchev–Trinajstić information content (AvgIpc) is 2.27. The Morgan fingerprint density at radius 1 is 1.29 bits per heavy atom. The van der Waals surface area contributed by atoms with Gasteiger partial charge in [0.25, 0.3) is 0 Å². The minimum Gasteiger partial charge on any atom is -0.496 e. The lowest BCUT2D eigenvalue weighted by Crippen LogP contribution is -2.21. The van der Waals surface area contributed by atoms with Crippen LogP contribution in [0.1, 0.15) is 31.1 Å². The molecule has 0 radical (unpaired) electrons. The molecule has 0 aromatic heterocycles. The van der Waals surface area contributed by atoms with Crippen LogP contribution in [0.3, 0.4) is 0 Å². The van der Waals surface area contributed by atoms with Gasteiger partial charge in [-0.05, 0) is 25.0 Å². The van der Waals surface area contributed by atoms with Crippen LogP contribution in [0.15, 0.2) is 18.2 Å². The molecule has 0 aliphatic rings. The molecule has 0 spiro atoms. The van der Waals surface area contributed by atoms with Crippen LogP contribution >= 0.6 is 0 Å². The van der Waals surface area contributed by atoms with Gasteiger partial charge in [-0.3, -0.25) is 0 Å². The van der Waals surface area contributed by atoms with Crippen molar-refractivity contribution >= 4 is 11.7 Å². The molecule has 0 bridgehead atoms. The van der Waals surface area contributed by atoms with Crippen molar-refractivity contribution in [2.75, 3.05) is 12.8 Å². The van der Waals surface area contributed by atoms with Gasteiger partial charge in [0.15, 0.2) is 0 Å². The molecule has 0 saturated carbocycles. The number of hydrogen-bond acceptors (Lipinski definition) is 4. The quantitative estimate of drug-likeness (QED) is 0.645. The summed E-state index contributed by atoms with van der Waals surface area (Å²) < 4.78 is 10.4. The van der Waals surface area contributed by atoms with Gasteiger partial charge in [-0.15, -0.1) is 0 Å². The predicted octanol–water partition coefficient (Wildman–Crippen LogP) is 2.48. The van der Waals surface area contributed by atoms with Gasteiger partial charge in [0.2, 0.25) is 0 Å². The summed E-state index contributed by atoms with van der Waals surface area (Å²) in [5.74, 6) is 0.252. The van der Waals surface area contributed by atoms with Crippen molar-refractivity contribution in [3.05, 3.63) is 23.8 Å². The van der Waals surface area contributed by atoms with E-state index in [0.717, 1.165) is 0 Å². The average molecular weight is 237 g/mol. The molecule has 1 aromatic carbocycles. The highest BCUT2D eigenvalue weighted by Crippen LogP contribution is 2.25. The van der Waals surface area contributed by atoms with Crippen LogP contribution in [0.25, 0.3) is 0 Å². The number of hydrogen-bond donors (Lipinski definition) is 1. The number of methoxy groups -OCH3 is 1. The molecule has 1 unspecified atom stereocenters. The summed E-state index contributed by atoms with van der Waals surface area (Å²) in [6.07, 6.45) is -0.160. The summed E-state index contributed by atoms with van der Waals surface area (Å²) in [5, 5.41) is 0. The molecule has 17 heavy (non-hydrogen) atoms. The molecule has 0 amide bonds. The van der Waals surface area contributed by atoms with Crippen molar-refractivity contribution in [1.29, 1.82) is 0 Å². The number of carbonyl (C=O) groups is 1. The van der Waals surface area contributed by atoms with Crippen molar-refractivity contribution in [2.24, 2.45) is 5.92 Å². The SMILES string of the molecule is COc1cccc(N)c1C(=O)OC(C)C(C)C. The summed E-state index contributed by atoms with van der Waals surface area (Å²) in [7, 11) is 1.50. The van der Waals surface area contributed by atoms with Crippen molar-refractivity contribution in [1.82, 2.24) is 0 Å². The van der Waals surface area contributed by atoms with E-state index in [9.17, 15) is 4.79 Å². The molecule has 0 saturated heterocycles. The summed E-state index contributed by atoms with van der Waals surface area (Å²) >= 11 is 0. The Bertz CT molecular complexity index is 402. The first-order valence-electron chi connectivity index (χ1n) is 5.60. The van der Waals surface area contributed by atoms with E-state index in [1.807, 2.05) is 20.8 Å². The Morgan fingerprint density at radius 3 is 2.47 bits per heavy atom. The van der Waals surface area contributed by atoms with Gasteiger partial charge in [0.1, 0.15) is 17.4 Å². The third-order valence-electron chi connectivity index (χ3n) is 2.71. The van der Waals surface area contributed by atoms with Crippen LogP contribution in [-0.4, -0.2) is 19.2 Å². The molecule has 2 N–H and O–H groups in total. The maximum Gasteiger partial charge on any atom is 0.344 e. The van der Waals surface area contributed by atoms with Gasteiger partial charge in [-0.2, -0.15) is 0 Å². The molecule has 1 rings (SSSR count). The maximum absolute atomic E-state index is 12.0. The van der Waals surface area contributed by atoms with E-state index < -0.39 is 5.97 Å². The van der Waals surface area contributed by atoms with E-state index in [-0.39, 0.29) is 12.0 Å². The van der Waals surface area contributed by atoms with Gasteiger partial charge in [-0.25, -0.2) is 4.79 Å². The van der Waals surface area contributed by atoms with E-state index in [1.54, 1.807) is 18.2 Å². The minimum atomic E-state index is -0.443. The normalized spacial score (nSPS) is 12.3. The summed E-state index contributed by atoms with van der Waals surface area (Å²) in [6, 6.07) is 5.07. The number of ether oxygens (including phenoxy) is 2. The Labute approximate surface area is 102 Å². The van der Waals surface area contributed by atoms with Gasteiger partial charge >= 0.3 is 5.97 Å². The van der Waals surface area contributed by atoms with Crippen LogP contribution in [-0.2, 0) is 4.74 Å². The number of carbonyl (C=O) groups excluding carboxylic acids is 1. The third kappa shape index (κ3) is 3.12. The molecule has 4 heteroatoms. The lowest BCUT2D eigenvalue weighted by atomic mass is 10.1. The van der Waals surface area contributed by atoms with Crippen LogP contribution in [0, 0.1) is 5.92 Å². The molecular formula is C13H19NO3. The van der Waals surface area contributed by atoms with E-state index >= 15 is 0 Å². The fraction of sp³-hybridized carbons (Fsp3) is 0.462. The smallest absolute Gasteiger partial charge is 0.344 e. The second kappa shape index (κ2) is 5.57. The predicted molar refractivity (Wildman–Crippen MR) is 67.1 cm³/mol. The number of esters is 1. The minimum absolute atomic E-state index is 0.160. The third-order valence-corrected chi connectivity index (χ3v) is 2.71. The Hall–Kier alpha value is -1.71. The second-order valence-corrected chi connectivity index (χ2v) is 4.28. The number of rotatable bonds is 4. The highest BCUT2D eigenvalue weighted by molar-refractivity contribution is 5.98. The highest BCUT2D eigenvalue weighted by Gasteiger charge is 2.20.